The Morgan fingerprint density at radius 1 is 1.47 bits per heavy atom. The van der Waals surface area contributed by atoms with Gasteiger partial charge in [0.05, 0.1) is 19.3 Å². The minimum atomic E-state index is -0.886. The van der Waals surface area contributed by atoms with Crippen LogP contribution in [0.25, 0.3) is 0 Å². The molecular formula is C13H26N2O4. The maximum absolute atomic E-state index is 11.6. The van der Waals surface area contributed by atoms with Gasteiger partial charge >= 0.3 is 5.97 Å². The van der Waals surface area contributed by atoms with E-state index in [2.05, 4.69) is 5.32 Å². The van der Waals surface area contributed by atoms with Crippen molar-refractivity contribution in [3.63, 3.8) is 0 Å². The van der Waals surface area contributed by atoms with Crippen molar-refractivity contribution in [3.05, 3.63) is 0 Å². The van der Waals surface area contributed by atoms with Gasteiger partial charge in [-0.3, -0.25) is 9.69 Å². The highest BCUT2D eigenvalue weighted by atomic mass is 16.5. The molecule has 0 aromatic heterocycles. The molecule has 1 unspecified atom stereocenters. The van der Waals surface area contributed by atoms with E-state index in [0.29, 0.717) is 19.8 Å². The summed E-state index contributed by atoms with van der Waals surface area (Å²) in [6, 6.07) is -0.785. The number of aliphatic hydroxyl groups excluding tert-OH is 1. The van der Waals surface area contributed by atoms with Crippen molar-refractivity contribution in [3.8, 4) is 0 Å². The highest BCUT2D eigenvalue weighted by Crippen LogP contribution is 2.22. The molecule has 1 heterocycles. The molecule has 1 aliphatic heterocycles. The first-order valence-corrected chi connectivity index (χ1v) is 6.81. The molecule has 0 saturated carbocycles. The maximum Gasteiger partial charge on any atom is 0.321 e. The highest BCUT2D eigenvalue weighted by Gasteiger charge is 2.39. The number of hydrogen-bond acceptors (Lipinski definition) is 5. The zero-order valence-electron chi connectivity index (χ0n) is 12.2. The molecule has 19 heavy (non-hydrogen) atoms. The SMILES string of the molecule is CN[C@@H](C)[C@H](O)[C@H](C)C(C(=O)O)N1CCOC[C@@H]1C. The predicted octanol–water partition coefficient (Wildman–Crippen LogP) is -0.235. The van der Waals surface area contributed by atoms with Crippen LogP contribution in [0.15, 0.2) is 0 Å². The number of hydrogen-bond donors (Lipinski definition) is 3. The van der Waals surface area contributed by atoms with E-state index in [0.717, 1.165) is 0 Å². The van der Waals surface area contributed by atoms with E-state index in [1.165, 1.54) is 0 Å². The van der Waals surface area contributed by atoms with E-state index < -0.39 is 18.1 Å². The Kier molecular flexibility index (Phi) is 6.19. The van der Waals surface area contributed by atoms with Gasteiger partial charge in [-0.25, -0.2) is 0 Å². The summed E-state index contributed by atoms with van der Waals surface area (Å²) in [5.74, 6) is -1.25. The van der Waals surface area contributed by atoms with Crippen LogP contribution < -0.4 is 5.32 Å². The molecule has 6 heteroatoms. The zero-order chi connectivity index (χ0) is 14.6. The molecule has 0 aromatic rings. The van der Waals surface area contributed by atoms with Gasteiger partial charge in [0.2, 0.25) is 0 Å². The lowest BCUT2D eigenvalue weighted by Gasteiger charge is -2.41. The summed E-state index contributed by atoms with van der Waals surface area (Å²) < 4.78 is 5.34. The molecule has 0 aliphatic carbocycles. The van der Waals surface area contributed by atoms with Gasteiger partial charge in [0.1, 0.15) is 6.04 Å². The summed E-state index contributed by atoms with van der Waals surface area (Å²) >= 11 is 0. The number of aliphatic hydroxyl groups is 1. The molecule has 0 spiro atoms. The van der Waals surface area contributed by atoms with Crippen LogP contribution in [0.4, 0.5) is 0 Å². The lowest BCUT2D eigenvalue weighted by atomic mass is 9.89. The second-order valence-corrected chi connectivity index (χ2v) is 5.37. The van der Waals surface area contributed by atoms with Crippen LogP contribution in [0.5, 0.6) is 0 Å². The first kappa shape index (κ1) is 16.4. The van der Waals surface area contributed by atoms with Gasteiger partial charge in [-0.1, -0.05) is 6.92 Å². The van der Waals surface area contributed by atoms with E-state index in [1.54, 1.807) is 14.0 Å². The molecule has 0 amide bonds. The van der Waals surface area contributed by atoms with Crippen LogP contribution in [0, 0.1) is 5.92 Å². The summed E-state index contributed by atoms with van der Waals surface area (Å²) in [6.45, 7) is 7.26. The van der Waals surface area contributed by atoms with Crippen LogP contribution in [0.3, 0.4) is 0 Å². The first-order chi connectivity index (χ1) is 8.90. The third kappa shape index (κ3) is 3.89. The molecule has 1 aliphatic rings. The monoisotopic (exact) mass is 274 g/mol. The fraction of sp³-hybridized carbons (Fsp3) is 0.923. The van der Waals surface area contributed by atoms with Crippen LogP contribution in [0.1, 0.15) is 20.8 Å². The lowest BCUT2D eigenvalue weighted by Crippen LogP contribution is -2.58. The van der Waals surface area contributed by atoms with Crippen LogP contribution in [0.2, 0.25) is 0 Å². The van der Waals surface area contributed by atoms with Gasteiger partial charge in [-0.15, -0.1) is 0 Å². The Morgan fingerprint density at radius 2 is 2.11 bits per heavy atom. The Hall–Kier alpha value is -0.690. The normalized spacial score (nSPS) is 27.5. The van der Waals surface area contributed by atoms with Crippen LogP contribution in [-0.2, 0) is 9.53 Å². The second kappa shape index (κ2) is 7.19. The van der Waals surface area contributed by atoms with Crippen molar-refractivity contribution in [2.75, 3.05) is 26.8 Å². The summed E-state index contributed by atoms with van der Waals surface area (Å²) in [7, 11) is 1.76. The van der Waals surface area contributed by atoms with Crippen molar-refractivity contribution >= 4 is 5.97 Å². The number of carboxylic acids is 1. The number of carbonyl (C=O) groups is 1. The van der Waals surface area contributed by atoms with Crippen molar-refractivity contribution in [2.24, 2.45) is 5.92 Å². The smallest absolute Gasteiger partial charge is 0.321 e. The lowest BCUT2D eigenvalue weighted by molar-refractivity contribution is -0.152. The number of rotatable bonds is 6. The van der Waals surface area contributed by atoms with E-state index in [-0.39, 0.29) is 18.0 Å². The van der Waals surface area contributed by atoms with Crippen molar-refractivity contribution in [1.82, 2.24) is 10.2 Å². The number of aliphatic carboxylic acids is 1. The fourth-order valence-corrected chi connectivity index (χ4v) is 2.63. The molecule has 0 bridgehead atoms. The molecule has 0 aromatic carbocycles. The van der Waals surface area contributed by atoms with Crippen molar-refractivity contribution in [1.29, 1.82) is 0 Å². The molecule has 112 valence electrons. The first-order valence-electron chi connectivity index (χ1n) is 6.81. The summed E-state index contributed by atoms with van der Waals surface area (Å²) in [6.07, 6.45) is -0.707. The number of likely N-dealkylation sites (N-methyl/N-ethyl adjacent to an activating group) is 1. The molecule has 1 rings (SSSR count). The number of carboxylic acid groups (broad SMARTS) is 1. The Labute approximate surface area is 114 Å². The topological polar surface area (TPSA) is 82.0 Å². The van der Waals surface area contributed by atoms with E-state index >= 15 is 0 Å². The Morgan fingerprint density at radius 3 is 2.58 bits per heavy atom. The third-order valence-corrected chi connectivity index (χ3v) is 4.03. The summed E-state index contributed by atoms with van der Waals surface area (Å²) in [5, 5.41) is 22.7. The number of nitrogens with one attached hydrogen (secondary N) is 1. The predicted molar refractivity (Wildman–Crippen MR) is 72.1 cm³/mol. The minimum Gasteiger partial charge on any atom is -0.480 e. The minimum absolute atomic E-state index is 0.0504. The summed E-state index contributed by atoms with van der Waals surface area (Å²) in [4.78, 5) is 13.5. The largest absolute Gasteiger partial charge is 0.480 e. The zero-order valence-corrected chi connectivity index (χ0v) is 12.2. The summed E-state index contributed by atoms with van der Waals surface area (Å²) in [5.41, 5.74) is 0. The molecule has 1 fully saturated rings. The van der Waals surface area contributed by atoms with Gasteiger partial charge in [0.25, 0.3) is 0 Å². The van der Waals surface area contributed by atoms with E-state index in [9.17, 15) is 15.0 Å². The van der Waals surface area contributed by atoms with Crippen LogP contribution in [-0.4, -0.2) is 72.1 Å². The number of morpholine rings is 1. The Bertz CT molecular complexity index is 300. The average Bonchev–Trinajstić information content (AvgIpc) is 2.38. The highest BCUT2D eigenvalue weighted by molar-refractivity contribution is 5.74. The molecule has 3 N–H and O–H groups in total. The van der Waals surface area contributed by atoms with Gasteiger partial charge in [0.15, 0.2) is 0 Å². The van der Waals surface area contributed by atoms with Gasteiger partial charge in [-0.2, -0.15) is 0 Å². The average molecular weight is 274 g/mol. The Balaban J connectivity index is 2.84. The molecule has 6 nitrogen and oxygen atoms in total. The third-order valence-electron chi connectivity index (χ3n) is 4.03. The van der Waals surface area contributed by atoms with E-state index in [1.807, 2.05) is 18.7 Å². The van der Waals surface area contributed by atoms with Gasteiger partial charge in [0, 0.05) is 24.5 Å². The van der Waals surface area contributed by atoms with Gasteiger partial charge in [-0.05, 0) is 20.9 Å². The van der Waals surface area contributed by atoms with Crippen molar-refractivity contribution < 1.29 is 19.7 Å². The molecule has 5 atom stereocenters. The second-order valence-electron chi connectivity index (χ2n) is 5.37. The van der Waals surface area contributed by atoms with E-state index in [4.69, 9.17) is 4.74 Å². The van der Waals surface area contributed by atoms with Gasteiger partial charge < -0.3 is 20.3 Å². The van der Waals surface area contributed by atoms with Crippen molar-refractivity contribution in [2.45, 2.75) is 45.0 Å². The molecule has 1 saturated heterocycles. The fourth-order valence-electron chi connectivity index (χ4n) is 2.63. The number of ether oxygens (including phenoxy) is 1. The quantitative estimate of drug-likeness (QED) is 0.620. The molecular weight excluding hydrogens is 248 g/mol. The maximum atomic E-state index is 11.6. The molecule has 0 radical (unpaired) electrons. The number of nitrogens with zero attached hydrogens (tertiary/aromatic N) is 1. The van der Waals surface area contributed by atoms with Crippen LogP contribution >= 0.6 is 0 Å². The standard InChI is InChI=1S/C13H26N2O4/c1-8-7-19-6-5-15(8)11(13(17)18)9(2)12(16)10(3)14-4/h8-12,14,16H,5-7H2,1-4H3,(H,17,18)/t8-,9+,10-,11?,12+/m0/s1.